The van der Waals surface area contributed by atoms with Crippen LogP contribution >= 0.6 is 0 Å². The lowest BCUT2D eigenvalue weighted by Gasteiger charge is -2.12. The summed E-state index contributed by atoms with van der Waals surface area (Å²) < 4.78 is 1.68. The number of amides is 3. The minimum atomic E-state index is -1.24. The van der Waals surface area contributed by atoms with E-state index >= 15 is 0 Å². The normalized spacial score (nSPS) is 15.0. The molecule has 3 amide bonds. The number of hydrogen-bond acceptors (Lipinski definition) is 4. The van der Waals surface area contributed by atoms with E-state index in [0.717, 1.165) is 6.07 Å². The molecule has 2 aromatic rings. The summed E-state index contributed by atoms with van der Waals surface area (Å²) in [5, 5.41) is 23.0. The van der Waals surface area contributed by atoms with Crippen LogP contribution in [0.1, 0.15) is 37.7 Å². The van der Waals surface area contributed by atoms with Crippen LogP contribution in [0, 0.1) is 13.8 Å². The fraction of sp³-hybridized carbons (Fsp3) is 0.111. The average molecular weight is 369 g/mol. The van der Waals surface area contributed by atoms with Gasteiger partial charge in [-0.3, -0.25) is 10.1 Å². The summed E-state index contributed by atoms with van der Waals surface area (Å²) in [6.45, 7) is 3.50. The Balaban J connectivity index is 2.14. The van der Waals surface area contributed by atoms with Crippen molar-refractivity contribution in [1.29, 1.82) is 0 Å². The topological polar surface area (TPSA) is 138 Å². The van der Waals surface area contributed by atoms with Crippen LogP contribution in [0.15, 0.2) is 30.0 Å². The molecule has 1 aliphatic heterocycles. The fourth-order valence-electron chi connectivity index (χ4n) is 2.96. The molecule has 0 bridgehead atoms. The van der Waals surface area contributed by atoms with E-state index in [0.29, 0.717) is 22.6 Å². The van der Waals surface area contributed by atoms with Gasteiger partial charge in [-0.25, -0.2) is 14.4 Å². The second-order valence-corrected chi connectivity index (χ2v) is 6.01. The third-order valence-electron chi connectivity index (χ3n) is 4.16. The number of aromatic carboxylic acids is 2. The summed E-state index contributed by atoms with van der Waals surface area (Å²) in [5.74, 6) is -3.03. The number of carbonyl (C=O) groups is 4. The van der Waals surface area contributed by atoms with Crippen LogP contribution < -0.4 is 10.6 Å². The first kappa shape index (κ1) is 17.9. The van der Waals surface area contributed by atoms with Crippen LogP contribution in [0.4, 0.5) is 4.79 Å². The van der Waals surface area contributed by atoms with Gasteiger partial charge in [-0.05, 0) is 49.8 Å². The molecule has 1 aromatic carbocycles. The van der Waals surface area contributed by atoms with Crippen molar-refractivity contribution in [3.8, 4) is 5.69 Å². The van der Waals surface area contributed by atoms with E-state index in [4.69, 9.17) is 0 Å². The Morgan fingerprint density at radius 1 is 0.963 bits per heavy atom. The van der Waals surface area contributed by atoms with Crippen LogP contribution in [0.25, 0.3) is 11.8 Å². The van der Waals surface area contributed by atoms with Gasteiger partial charge in [0.2, 0.25) is 0 Å². The maximum Gasteiger partial charge on any atom is 0.335 e. The van der Waals surface area contributed by atoms with Gasteiger partial charge in [0.15, 0.2) is 0 Å². The minimum absolute atomic E-state index is 0.0887. The highest BCUT2D eigenvalue weighted by molar-refractivity contribution is 6.14. The Morgan fingerprint density at radius 2 is 1.56 bits per heavy atom. The van der Waals surface area contributed by atoms with Crippen LogP contribution in [0.2, 0.25) is 0 Å². The van der Waals surface area contributed by atoms with Gasteiger partial charge in [-0.2, -0.15) is 0 Å². The molecule has 0 aliphatic carbocycles. The summed E-state index contributed by atoms with van der Waals surface area (Å²) in [6.07, 6.45) is 1.50. The zero-order chi connectivity index (χ0) is 19.9. The van der Waals surface area contributed by atoms with Gasteiger partial charge in [-0.1, -0.05) is 0 Å². The molecule has 1 saturated heterocycles. The Hall–Kier alpha value is -3.88. The monoisotopic (exact) mass is 369 g/mol. The van der Waals surface area contributed by atoms with Crippen molar-refractivity contribution in [2.45, 2.75) is 13.8 Å². The number of aryl methyl sites for hydroxylation is 1. The van der Waals surface area contributed by atoms with E-state index in [1.165, 1.54) is 18.2 Å². The molecule has 0 saturated carbocycles. The van der Waals surface area contributed by atoms with Gasteiger partial charge < -0.3 is 20.1 Å². The molecule has 2 heterocycles. The smallest absolute Gasteiger partial charge is 0.335 e. The molecular formula is C18H15N3O6. The molecule has 9 nitrogen and oxygen atoms in total. The maximum absolute atomic E-state index is 11.7. The SMILES string of the molecule is Cc1cc(C=C2NC(=O)NC2=O)c(C)n1-c1cc(C(=O)O)cc(C(=O)O)c1. The summed E-state index contributed by atoms with van der Waals surface area (Å²) in [5.41, 5.74) is 2.12. The second-order valence-electron chi connectivity index (χ2n) is 6.01. The number of nitrogens with zero attached hydrogens (tertiary/aromatic N) is 1. The standard InChI is InChI=1S/C18H15N3O6/c1-8-3-10(7-14-15(22)20-18(27)19-14)9(2)21(8)13-5-11(16(23)24)4-12(6-13)17(25)26/h3-7H,1-2H3,(H,23,24)(H,25,26)(H2,19,20,22,27). The lowest BCUT2D eigenvalue weighted by atomic mass is 10.1. The number of nitrogens with one attached hydrogen (secondary N) is 2. The summed E-state index contributed by atoms with van der Waals surface area (Å²) in [4.78, 5) is 45.6. The highest BCUT2D eigenvalue weighted by atomic mass is 16.4. The van der Waals surface area contributed by atoms with Crippen molar-refractivity contribution in [2.75, 3.05) is 0 Å². The summed E-state index contributed by atoms with van der Waals surface area (Å²) in [6, 6.07) is 4.96. The van der Waals surface area contributed by atoms with Crippen molar-refractivity contribution in [1.82, 2.24) is 15.2 Å². The molecule has 0 atom stereocenters. The number of carboxylic acid groups (broad SMARTS) is 2. The number of carbonyl (C=O) groups excluding carboxylic acids is 2. The first-order chi connectivity index (χ1) is 12.7. The van der Waals surface area contributed by atoms with E-state index in [1.54, 1.807) is 24.5 Å². The number of benzene rings is 1. The predicted molar refractivity (Wildman–Crippen MR) is 93.8 cm³/mol. The van der Waals surface area contributed by atoms with Crippen molar-refractivity contribution in [3.05, 3.63) is 58.0 Å². The van der Waals surface area contributed by atoms with E-state index in [9.17, 15) is 29.4 Å². The fourth-order valence-corrected chi connectivity index (χ4v) is 2.96. The molecule has 1 aliphatic rings. The highest BCUT2D eigenvalue weighted by Crippen LogP contribution is 2.25. The third-order valence-corrected chi connectivity index (χ3v) is 4.16. The van der Waals surface area contributed by atoms with Crippen molar-refractivity contribution in [2.24, 2.45) is 0 Å². The first-order valence-corrected chi connectivity index (χ1v) is 7.82. The Morgan fingerprint density at radius 3 is 2.04 bits per heavy atom. The van der Waals surface area contributed by atoms with E-state index in [-0.39, 0.29) is 16.8 Å². The third kappa shape index (κ3) is 3.30. The van der Waals surface area contributed by atoms with E-state index < -0.39 is 23.9 Å². The number of carboxylic acids is 2. The van der Waals surface area contributed by atoms with Crippen molar-refractivity contribution < 1.29 is 29.4 Å². The molecule has 0 radical (unpaired) electrons. The largest absolute Gasteiger partial charge is 0.478 e. The molecule has 0 unspecified atom stereocenters. The average Bonchev–Trinajstić information content (AvgIpc) is 3.05. The lowest BCUT2D eigenvalue weighted by Crippen LogP contribution is -2.22. The van der Waals surface area contributed by atoms with Gasteiger partial charge in [-0.15, -0.1) is 0 Å². The van der Waals surface area contributed by atoms with Gasteiger partial charge in [0.05, 0.1) is 11.1 Å². The zero-order valence-electron chi connectivity index (χ0n) is 14.4. The summed E-state index contributed by atoms with van der Waals surface area (Å²) >= 11 is 0. The number of imide groups is 1. The number of urea groups is 1. The lowest BCUT2D eigenvalue weighted by molar-refractivity contribution is -0.115. The van der Waals surface area contributed by atoms with E-state index in [2.05, 4.69) is 10.6 Å². The van der Waals surface area contributed by atoms with Gasteiger partial charge >= 0.3 is 18.0 Å². The maximum atomic E-state index is 11.7. The molecule has 138 valence electrons. The van der Waals surface area contributed by atoms with Crippen LogP contribution in [-0.2, 0) is 4.79 Å². The molecule has 1 fully saturated rings. The minimum Gasteiger partial charge on any atom is -0.478 e. The second kappa shape index (κ2) is 6.45. The van der Waals surface area contributed by atoms with Crippen LogP contribution in [0.5, 0.6) is 0 Å². The Kier molecular flexibility index (Phi) is 4.28. The Labute approximate surface area is 152 Å². The molecule has 27 heavy (non-hydrogen) atoms. The molecule has 0 spiro atoms. The van der Waals surface area contributed by atoms with Crippen LogP contribution in [0.3, 0.4) is 0 Å². The quantitative estimate of drug-likeness (QED) is 0.478. The zero-order valence-corrected chi connectivity index (χ0v) is 14.4. The van der Waals surface area contributed by atoms with Crippen LogP contribution in [-0.4, -0.2) is 38.7 Å². The number of hydrogen-bond donors (Lipinski definition) is 4. The Bertz CT molecular complexity index is 1020. The number of aromatic nitrogens is 1. The molecule has 9 heteroatoms. The van der Waals surface area contributed by atoms with Gasteiger partial charge in [0.1, 0.15) is 5.70 Å². The predicted octanol–water partition coefficient (Wildman–Crippen LogP) is 1.67. The first-order valence-electron chi connectivity index (χ1n) is 7.82. The van der Waals surface area contributed by atoms with E-state index in [1.807, 2.05) is 0 Å². The number of rotatable bonds is 4. The summed E-state index contributed by atoms with van der Waals surface area (Å²) in [7, 11) is 0. The molecule has 3 rings (SSSR count). The van der Waals surface area contributed by atoms with Gasteiger partial charge in [0.25, 0.3) is 5.91 Å². The molecular weight excluding hydrogens is 354 g/mol. The molecule has 1 aromatic heterocycles. The highest BCUT2D eigenvalue weighted by Gasteiger charge is 2.24. The van der Waals surface area contributed by atoms with Crippen molar-refractivity contribution in [3.63, 3.8) is 0 Å². The van der Waals surface area contributed by atoms with Gasteiger partial charge in [0, 0.05) is 17.1 Å². The van der Waals surface area contributed by atoms with Crippen molar-refractivity contribution >= 4 is 30.0 Å². The molecule has 4 N–H and O–H groups in total.